The molecule has 0 aliphatic rings. The Kier molecular flexibility index (Phi) is 4.81. The normalized spacial score (nSPS) is 10.5. The molecule has 0 radical (unpaired) electrons. The fraction of sp³-hybridized carbons (Fsp3) is 0.250. The van der Waals surface area contributed by atoms with E-state index in [9.17, 15) is 0 Å². The molecule has 3 heteroatoms. The fourth-order valence-corrected chi connectivity index (χ4v) is 1.41. The quantitative estimate of drug-likeness (QED) is 0.632. The van der Waals surface area contributed by atoms with Gasteiger partial charge in [0.05, 0.1) is 0 Å². The van der Waals surface area contributed by atoms with E-state index in [0.29, 0.717) is 5.75 Å². The zero-order chi connectivity index (χ0) is 14.5. The molecule has 0 aliphatic carbocycles. The van der Waals surface area contributed by atoms with Crippen LogP contribution in [0.1, 0.15) is 26.3 Å². The average molecular weight is 260 g/mol. The Morgan fingerprint density at radius 1 is 0.579 bits per heavy atom. The highest BCUT2D eigenvalue weighted by Gasteiger charge is 2.12. The lowest BCUT2D eigenvalue weighted by molar-refractivity contribution is 0.460. The van der Waals surface area contributed by atoms with E-state index >= 15 is 0 Å². The highest BCUT2D eigenvalue weighted by Crippen LogP contribution is 2.23. The molecular formula is C16H20O3. The van der Waals surface area contributed by atoms with Crippen molar-refractivity contribution in [1.82, 2.24) is 0 Å². The summed E-state index contributed by atoms with van der Waals surface area (Å²) in [4.78, 5) is 0. The zero-order valence-electron chi connectivity index (χ0n) is 11.5. The molecule has 0 heterocycles. The number of hydrogen-bond donors (Lipinski definition) is 3. The minimum absolute atomic E-state index is 0.169. The van der Waals surface area contributed by atoms with Gasteiger partial charge in [0.25, 0.3) is 0 Å². The van der Waals surface area contributed by atoms with Gasteiger partial charge >= 0.3 is 0 Å². The number of benzene rings is 2. The van der Waals surface area contributed by atoms with Gasteiger partial charge in [0, 0.05) is 0 Å². The molecule has 0 atom stereocenters. The van der Waals surface area contributed by atoms with Gasteiger partial charge in [-0.1, -0.05) is 32.9 Å². The summed E-state index contributed by atoms with van der Waals surface area (Å²) in [6, 6.07) is 13.1. The van der Waals surface area contributed by atoms with Crippen LogP contribution in [0, 0.1) is 0 Å². The van der Waals surface area contributed by atoms with E-state index in [-0.39, 0.29) is 16.9 Å². The van der Waals surface area contributed by atoms with E-state index in [1.165, 1.54) is 29.8 Å². The number of rotatable bonds is 0. The van der Waals surface area contributed by atoms with Crippen molar-refractivity contribution in [3.63, 3.8) is 0 Å². The molecule has 0 fully saturated rings. The lowest BCUT2D eigenvalue weighted by Crippen LogP contribution is -2.10. The topological polar surface area (TPSA) is 60.7 Å². The van der Waals surface area contributed by atoms with E-state index in [1.54, 1.807) is 12.1 Å². The van der Waals surface area contributed by atoms with Crippen LogP contribution in [-0.4, -0.2) is 15.3 Å². The Morgan fingerprint density at radius 3 is 1.11 bits per heavy atom. The predicted molar refractivity (Wildman–Crippen MR) is 76.6 cm³/mol. The molecule has 2 aromatic carbocycles. The highest BCUT2D eigenvalue weighted by molar-refractivity contribution is 5.30. The Labute approximate surface area is 113 Å². The lowest BCUT2D eigenvalue weighted by Gasteiger charge is -2.18. The maximum absolute atomic E-state index is 9.02. The van der Waals surface area contributed by atoms with Crippen LogP contribution in [0.2, 0.25) is 0 Å². The minimum atomic E-state index is 0.169. The first-order valence-corrected chi connectivity index (χ1v) is 6.06. The van der Waals surface area contributed by atoms with Crippen molar-refractivity contribution in [3.05, 3.63) is 54.1 Å². The number of phenolic OH excluding ortho intramolecular Hbond substituents is 3. The second-order valence-corrected chi connectivity index (χ2v) is 5.31. The third-order valence-electron chi connectivity index (χ3n) is 2.58. The molecule has 3 N–H and O–H groups in total. The lowest BCUT2D eigenvalue weighted by atomic mass is 9.87. The molecule has 19 heavy (non-hydrogen) atoms. The van der Waals surface area contributed by atoms with Gasteiger partial charge in [0.15, 0.2) is 0 Å². The third kappa shape index (κ3) is 5.34. The SMILES string of the molecule is CC(C)(C)c1ccc(O)cc1.Oc1ccc(O)cc1. The van der Waals surface area contributed by atoms with E-state index in [1.807, 2.05) is 12.1 Å². The summed E-state index contributed by atoms with van der Waals surface area (Å²) >= 11 is 0. The standard InChI is InChI=1S/C10H14O.C6H6O2/c1-10(2,3)8-4-6-9(11)7-5-8;7-5-1-2-6(8)4-3-5/h4-7,11H,1-3H3;1-4,7-8H. The smallest absolute Gasteiger partial charge is 0.115 e. The van der Waals surface area contributed by atoms with E-state index in [0.717, 1.165) is 0 Å². The van der Waals surface area contributed by atoms with Crippen LogP contribution in [-0.2, 0) is 5.41 Å². The van der Waals surface area contributed by atoms with Crippen LogP contribution >= 0.6 is 0 Å². The molecule has 0 amide bonds. The maximum atomic E-state index is 9.02. The van der Waals surface area contributed by atoms with Gasteiger partial charge in [-0.3, -0.25) is 0 Å². The molecule has 102 valence electrons. The minimum Gasteiger partial charge on any atom is -0.508 e. The van der Waals surface area contributed by atoms with Crippen molar-refractivity contribution in [2.45, 2.75) is 26.2 Å². The maximum Gasteiger partial charge on any atom is 0.115 e. The molecule has 0 aliphatic heterocycles. The van der Waals surface area contributed by atoms with Crippen LogP contribution in [0.3, 0.4) is 0 Å². The first-order chi connectivity index (χ1) is 8.79. The number of phenols is 3. The van der Waals surface area contributed by atoms with Gasteiger partial charge in [-0.05, 0) is 47.4 Å². The summed E-state index contributed by atoms with van der Waals surface area (Å²) in [7, 11) is 0. The van der Waals surface area contributed by atoms with E-state index < -0.39 is 0 Å². The van der Waals surface area contributed by atoms with Gasteiger partial charge < -0.3 is 15.3 Å². The van der Waals surface area contributed by atoms with Gasteiger partial charge in [-0.2, -0.15) is 0 Å². The number of hydrogen-bond acceptors (Lipinski definition) is 3. The monoisotopic (exact) mass is 260 g/mol. The van der Waals surface area contributed by atoms with Crippen LogP contribution < -0.4 is 0 Å². The molecule has 3 nitrogen and oxygen atoms in total. The highest BCUT2D eigenvalue weighted by atomic mass is 16.3. The molecule has 0 aromatic heterocycles. The molecule has 0 bridgehead atoms. The van der Waals surface area contributed by atoms with Crippen molar-refractivity contribution < 1.29 is 15.3 Å². The van der Waals surface area contributed by atoms with Crippen LogP contribution in [0.25, 0.3) is 0 Å². The molecule has 0 spiro atoms. The fourth-order valence-electron chi connectivity index (χ4n) is 1.41. The van der Waals surface area contributed by atoms with Gasteiger partial charge in [0.2, 0.25) is 0 Å². The average Bonchev–Trinajstić information content (AvgIpc) is 2.33. The van der Waals surface area contributed by atoms with Crippen molar-refractivity contribution in [2.75, 3.05) is 0 Å². The predicted octanol–water partition coefficient (Wildman–Crippen LogP) is 3.79. The summed E-state index contributed by atoms with van der Waals surface area (Å²) in [6.45, 7) is 6.46. The molecule has 0 saturated carbocycles. The number of aromatic hydroxyl groups is 3. The van der Waals surface area contributed by atoms with Crippen molar-refractivity contribution in [3.8, 4) is 17.2 Å². The molecule has 0 unspecified atom stereocenters. The first-order valence-electron chi connectivity index (χ1n) is 6.06. The zero-order valence-corrected chi connectivity index (χ0v) is 11.5. The van der Waals surface area contributed by atoms with Crippen molar-refractivity contribution >= 4 is 0 Å². The van der Waals surface area contributed by atoms with Gasteiger partial charge in [0.1, 0.15) is 17.2 Å². The van der Waals surface area contributed by atoms with E-state index in [2.05, 4.69) is 20.8 Å². The third-order valence-corrected chi connectivity index (χ3v) is 2.58. The molecular weight excluding hydrogens is 240 g/mol. The Morgan fingerprint density at radius 2 is 0.842 bits per heavy atom. The van der Waals surface area contributed by atoms with Crippen molar-refractivity contribution in [1.29, 1.82) is 0 Å². The summed E-state index contributed by atoms with van der Waals surface area (Å²) in [5.74, 6) is 0.670. The molecule has 2 aromatic rings. The molecule has 0 saturated heterocycles. The first kappa shape index (κ1) is 14.9. The second-order valence-electron chi connectivity index (χ2n) is 5.31. The van der Waals surface area contributed by atoms with Crippen molar-refractivity contribution in [2.24, 2.45) is 0 Å². The van der Waals surface area contributed by atoms with Crippen LogP contribution in [0.15, 0.2) is 48.5 Å². The van der Waals surface area contributed by atoms with Gasteiger partial charge in [-0.25, -0.2) is 0 Å². The Balaban J connectivity index is 0.000000200. The molecule has 2 rings (SSSR count). The van der Waals surface area contributed by atoms with Crippen LogP contribution in [0.5, 0.6) is 17.2 Å². The van der Waals surface area contributed by atoms with Gasteiger partial charge in [-0.15, -0.1) is 0 Å². The summed E-state index contributed by atoms with van der Waals surface area (Å²) in [5.41, 5.74) is 1.42. The van der Waals surface area contributed by atoms with Crippen LogP contribution in [0.4, 0.5) is 0 Å². The summed E-state index contributed by atoms with van der Waals surface area (Å²) < 4.78 is 0. The summed E-state index contributed by atoms with van der Waals surface area (Å²) in [5, 5.41) is 26.3. The Hall–Kier alpha value is -2.16. The largest absolute Gasteiger partial charge is 0.508 e. The summed E-state index contributed by atoms with van der Waals surface area (Å²) in [6.07, 6.45) is 0. The second kappa shape index (κ2) is 6.14. The van der Waals surface area contributed by atoms with E-state index in [4.69, 9.17) is 15.3 Å². The Bertz CT molecular complexity index is 472.